The molecule has 1 amide bonds. The molecule has 1 saturated heterocycles. The van der Waals surface area contributed by atoms with Gasteiger partial charge in [-0.25, -0.2) is 0 Å². The number of carbonyl (C=O) groups excluding carboxylic acids is 2. The SMILES string of the molecule is COC(=O)CCC1CCC(N(C)C(=O)c2nnc(C3CCNCC3)s2)CC1.Cl. The van der Waals surface area contributed by atoms with Gasteiger partial charge in [-0.1, -0.05) is 11.3 Å². The molecule has 0 unspecified atom stereocenters. The molecule has 9 heteroatoms. The number of nitrogens with zero attached hydrogens (tertiary/aromatic N) is 3. The number of amides is 1. The van der Waals surface area contributed by atoms with Gasteiger partial charge >= 0.3 is 5.97 Å². The van der Waals surface area contributed by atoms with Crippen LogP contribution in [0.5, 0.6) is 0 Å². The quantitative estimate of drug-likeness (QED) is 0.698. The van der Waals surface area contributed by atoms with E-state index >= 15 is 0 Å². The third-order valence-corrected chi connectivity index (χ3v) is 7.05. The molecule has 0 spiro atoms. The van der Waals surface area contributed by atoms with Crippen molar-refractivity contribution in [1.29, 1.82) is 0 Å². The molecule has 158 valence electrons. The van der Waals surface area contributed by atoms with Crippen molar-refractivity contribution < 1.29 is 14.3 Å². The number of carbonyl (C=O) groups is 2. The largest absolute Gasteiger partial charge is 0.469 e. The second-order valence-corrected chi connectivity index (χ2v) is 8.68. The minimum absolute atomic E-state index is 0. The average Bonchev–Trinajstić information content (AvgIpc) is 3.22. The Balaban J connectivity index is 0.00000280. The third-order valence-electron chi connectivity index (χ3n) is 5.98. The van der Waals surface area contributed by atoms with Gasteiger partial charge in [-0.2, -0.15) is 0 Å². The Hall–Kier alpha value is -1.25. The lowest BCUT2D eigenvalue weighted by Gasteiger charge is -2.34. The lowest BCUT2D eigenvalue weighted by molar-refractivity contribution is -0.141. The second kappa shape index (κ2) is 11.1. The Morgan fingerprint density at radius 1 is 1.14 bits per heavy atom. The monoisotopic (exact) mass is 430 g/mol. The molecule has 2 aliphatic rings. The van der Waals surface area contributed by atoms with Gasteiger partial charge in [0.05, 0.1) is 7.11 Å². The molecule has 28 heavy (non-hydrogen) atoms. The summed E-state index contributed by atoms with van der Waals surface area (Å²) in [6.45, 7) is 2.01. The standard InChI is InChI=1S/C19H30N4O3S.ClH/c1-23(15-6-3-13(4-7-15)5-8-16(24)26-2)19(25)18-22-21-17(27-18)14-9-11-20-12-10-14;/h13-15,20H,3-12H2,1-2H3;1H. The number of hydrogen-bond donors (Lipinski definition) is 1. The van der Waals surface area contributed by atoms with Gasteiger partial charge in [0.2, 0.25) is 5.01 Å². The molecular weight excluding hydrogens is 400 g/mol. The summed E-state index contributed by atoms with van der Waals surface area (Å²) in [6, 6.07) is 0.248. The highest BCUT2D eigenvalue weighted by atomic mass is 35.5. The first-order chi connectivity index (χ1) is 13.1. The van der Waals surface area contributed by atoms with Crippen LogP contribution in [0.3, 0.4) is 0 Å². The number of hydrogen-bond acceptors (Lipinski definition) is 7. The number of esters is 1. The summed E-state index contributed by atoms with van der Waals surface area (Å²) >= 11 is 1.46. The van der Waals surface area contributed by atoms with Crippen LogP contribution in [0.25, 0.3) is 0 Å². The molecule has 1 N–H and O–H groups in total. The normalized spacial score (nSPS) is 22.9. The summed E-state index contributed by atoms with van der Waals surface area (Å²) < 4.78 is 4.72. The van der Waals surface area contributed by atoms with Gasteiger partial charge in [0.25, 0.3) is 5.91 Å². The fourth-order valence-electron chi connectivity index (χ4n) is 4.12. The van der Waals surface area contributed by atoms with E-state index < -0.39 is 0 Å². The fraction of sp³-hybridized carbons (Fsp3) is 0.789. The lowest BCUT2D eigenvalue weighted by atomic mass is 9.83. The van der Waals surface area contributed by atoms with Crippen molar-refractivity contribution in [1.82, 2.24) is 20.4 Å². The van der Waals surface area contributed by atoms with Gasteiger partial charge in [-0.3, -0.25) is 9.59 Å². The van der Waals surface area contributed by atoms with Crippen LogP contribution in [0.1, 0.15) is 72.1 Å². The summed E-state index contributed by atoms with van der Waals surface area (Å²) in [5.74, 6) is 0.841. The second-order valence-electron chi connectivity index (χ2n) is 7.68. The summed E-state index contributed by atoms with van der Waals surface area (Å²) in [5.41, 5.74) is 0. The topological polar surface area (TPSA) is 84.4 Å². The zero-order valence-electron chi connectivity index (χ0n) is 16.7. The van der Waals surface area contributed by atoms with Gasteiger partial charge < -0.3 is 15.0 Å². The highest BCUT2D eigenvalue weighted by Crippen LogP contribution is 2.32. The molecule has 0 atom stereocenters. The van der Waals surface area contributed by atoms with E-state index in [-0.39, 0.29) is 30.3 Å². The molecule has 0 aromatic carbocycles. The van der Waals surface area contributed by atoms with Crippen LogP contribution < -0.4 is 5.32 Å². The van der Waals surface area contributed by atoms with Crippen LogP contribution in [0.15, 0.2) is 0 Å². The van der Waals surface area contributed by atoms with Gasteiger partial charge in [0.1, 0.15) is 5.01 Å². The Morgan fingerprint density at radius 3 is 2.46 bits per heavy atom. The fourth-order valence-corrected chi connectivity index (χ4v) is 5.11. The molecule has 0 radical (unpaired) electrons. The van der Waals surface area contributed by atoms with Crippen LogP contribution in [0.2, 0.25) is 0 Å². The first kappa shape index (κ1) is 23.0. The van der Waals surface area contributed by atoms with Crippen molar-refractivity contribution in [2.24, 2.45) is 5.92 Å². The van der Waals surface area contributed by atoms with E-state index in [9.17, 15) is 9.59 Å². The Labute approximate surface area is 177 Å². The Kier molecular flexibility index (Phi) is 9.11. The molecule has 1 aliphatic heterocycles. The van der Waals surface area contributed by atoms with E-state index in [0.717, 1.165) is 63.0 Å². The Morgan fingerprint density at radius 2 is 1.82 bits per heavy atom. The number of aromatic nitrogens is 2. The molecular formula is C19H31ClN4O3S. The van der Waals surface area contributed by atoms with Gasteiger partial charge in [0, 0.05) is 25.4 Å². The van der Waals surface area contributed by atoms with Crippen LogP contribution in [-0.2, 0) is 9.53 Å². The number of halogens is 1. The molecule has 7 nitrogen and oxygen atoms in total. The molecule has 2 fully saturated rings. The highest BCUT2D eigenvalue weighted by Gasteiger charge is 2.29. The van der Waals surface area contributed by atoms with E-state index in [1.165, 1.54) is 18.4 Å². The van der Waals surface area contributed by atoms with Gasteiger partial charge in [-0.15, -0.1) is 22.6 Å². The van der Waals surface area contributed by atoms with E-state index in [1.54, 1.807) is 0 Å². The van der Waals surface area contributed by atoms with E-state index in [0.29, 0.717) is 23.3 Å². The molecule has 1 aliphatic carbocycles. The van der Waals surface area contributed by atoms with Crippen molar-refractivity contribution in [2.45, 2.75) is 63.3 Å². The van der Waals surface area contributed by atoms with Crippen molar-refractivity contribution >= 4 is 35.6 Å². The average molecular weight is 431 g/mol. The van der Waals surface area contributed by atoms with Crippen molar-refractivity contribution in [3.63, 3.8) is 0 Å². The van der Waals surface area contributed by atoms with Crippen LogP contribution in [-0.4, -0.2) is 60.3 Å². The first-order valence-corrected chi connectivity index (χ1v) is 10.8. The zero-order chi connectivity index (χ0) is 19.2. The number of piperidine rings is 1. The molecule has 0 bridgehead atoms. The maximum Gasteiger partial charge on any atom is 0.305 e. The van der Waals surface area contributed by atoms with E-state index in [1.807, 2.05) is 11.9 Å². The number of rotatable bonds is 6. The van der Waals surface area contributed by atoms with Crippen molar-refractivity contribution in [2.75, 3.05) is 27.2 Å². The van der Waals surface area contributed by atoms with Crippen LogP contribution in [0.4, 0.5) is 0 Å². The molecule has 1 saturated carbocycles. The number of nitrogens with one attached hydrogen (secondary N) is 1. The predicted molar refractivity (Wildman–Crippen MR) is 111 cm³/mol. The number of ether oxygens (including phenoxy) is 1. The lowest BCUT2D eigenvalue weighted by Crippen LogP contribution is -2.39. The van der Waals surface area contributed by atoms with Crippen molar-refractivity contribution in [3.05, 3.63) is 10.0 Å². The van der Waals surface area contributed by atoms with Gasteiger partial charge in [0.15, 0.2) is 0 Å². The Bertz CT molecular complexity index is 643. The summed E-state index contributed by atoms with van der Waals surface area (Å²) in [7, 11) is 3.32. The van der Waals surface area contributed by atoms with Crippen molar-refractivity contribution in [3.8, 4) is 0 Å². The summed E-state index contributed by atoms with van der Waals surface area (Å²) in [4.78, 5) is 26.0. The maximum absolute atomic E-state index is 12.8. The third kappa shape index (κ3) is 5.87. The van der Waals surface area contributed by atoms with Gasteiger partial charge in [-0.05, 0) is 64.0 Å². The molecule has 1 aromatic rings. The minimum Gasteiger partial charge on any atom is -0.469 e. The summed E-state index contributed by atoms with van der Waals surface area (Å²) in [6.07, 6.45) is 7.56. The summed E-state index contributed by atoms with van der Waals surface area (Å²) in [5, 5.41) is 13.4. The first-order valence-electron chi connectivity index (χ1n) is 9.96. The predicted octanol–water partition coefficient (Wildman–Crippen LogP) is 3.01. The zero-order valence-corrected chi connectivity index (χ0v) is 18.3. The molecule has 1 aromatic heterocycles. The smallest absolute Gasteiger partial charge is 0.305 e. The highest BCUT2D eigenvalue weighted by molar-refractivity contribution is 7.13. The minimum atomic E-state index is -0.134. The number of methoxy groups -OCH3 is 1. The van der Waals surface area contributed by atoms with E-state index in [2.05, 4.69) is 15.5 Å². The molecule has 2 heterocycles. The van der Waals surface area contributed by atoms with E-state index in [4.69, 9.17) is 4.74 Å². The molecule has 3 rings (SSSR count). The maximum atomic E-state index is 12.8. The van der Waals surface area contributed by atoms with Crippen LogP contribution >= 0.6 is 23.7 Å². The van der Waals surface area contributed by atoms with Crippen LogP contribution in [0, 0.1) is 5.92 Å².